The number of carbonyl (C=O) groups is 1. The molecule has 2 heteroatoms. The van der Waals surface area contributed by atoms with Crippen molar-refractivity contribution in [2.24, 2.45) is 11.3 Å². The fourth-order valence-corrected chi connectivity index (χ4v) is 2.42. The van der Waals surface area contributed by atoms with E-state index in [1.807, 2.05) is 37.3 Å². The molecule has 0 radical (unpaired) electrons. The highest BCUT2D eigenvalue weighted by Gasteiger charge is 2.50. The van der Waals surface area contributed by atoms with E-state index in [9.17, 15) is 4.79 Å². The molecule has 0 saturated carbocycles. The summed E-state index contributed by atoms with van der Waals surface area (Å²) in [5.74, 6) is -0.0964. The Balaban J connectivity index is 2.39. The van der Waals surface area contributed by atoms with E-state index >= 15 is 0 Å². The molecule has 0 aromatic heterocycles. The van der Waals surface area contributed by atoms with E-state index in [2.05, 4.69) is 13.8 Å². The van der Waals surface area contributed by atoms with Gasteiger partial charge in [0.05, 0.1) is 5.92 Å². The molecular weight excluding hydrogens is 200 g/mol. The molecule has 0 unspecified atom stereocenters. The van der Waals surface area contributed by atoms with Gasteiger partial charge in [-0.3, -0.25) is 4.79 Å². The van der Waals surface area contributed by atoms with Crippen molar-refractivity contribution < 1.29 is 9.53 Å². The second-order valence-corrected chi connectivity index (χ2v) is 4.81. The maximum atomic E-state index is 11.7. The Bertz CT molecular complexity index is 385. The first kappa shape index (κ1) is 11.2. The van der Waals surface area contributed by atoms with Crippen molar-refractivity contribution in [1.29, 1.82) is 0 Å². The lowest BCUT2D eigenvalue weighted by molar-refractivity contribution is -0.144. The molecule has 2 rings (SSSR count). The van der Waals surface area contributed by atoms with Crippen LogP contribution in [0.25, 0.3) is 0 Å². The Morgan fingerprint density at radius 1 is 1.31 bits per heavy atom. The second kappa shape index (κ2) is 3.93. The van der Waals surface area contributed by atoms with Gasteiger partial charge in [0.2, 0.25) is 0 Å². The number of rotatable bonds is 2. The summed E-state index contributed by atoms with van der Waals surface area (Å²) in [6, 6.07) is 10.0. The number of benzene rings is 1. The van der Waals surface area contributed by atoms with Crippen LogP contribution in [0.2, 0.25) is 0 Å². The molecule has 1 heterocycles. The summed E-state index contributed by atoms with van der Waals surface area (Å²) in [5.41, 5.74) is 1.02. The third kappa shape index (κ3) is 1.53. The van der Waals surface area contributed by atoms with Crippen LogP contribution in [0.4, 0.5) is 0 Å². The predicted octanol–water partition coefficient (Wildman–Crippen LogP) is 3.34. The molecule has 1 saturated heterocycles. The lowest BCUT2D eigenvalue weighted by Gasteiger charge is -2.30. The molecular formula is C14H18O2. The quantitative estimate of drug-likeness (QED) is 0.712. The van der Waals surface area contributed by atoms with Crippen molar-refractivity contribution in [2.45, 2.75) is 33.3 Å². The van der Waals surface area contributed by atoms with Crippen LogP contribution < -0.4 is 0 Å². The Morgan fingerprint density at radius 2 is 1.94 bits per heavy atom. The van der Waals surface area contributed by atoms with Crippen LogP contribution in [0.3, 0.4) is 0 Å². The lowest BCUT2D eigenvalue weighted by Crippen LogP contribution is -2.26. The zero-order valence-electron chi connectivity index (χ0n) is 10.1. The van der Waals surface area contributed by atoms with Crippen LogP contribution >= 0.6 is 0 Å². The minimum atomic E-state index is -0.0961. The zero-order valence-corrected chi connectivity index (χ0v) is 10.1. The summed E-state index contributed by atoms with van der Waals surface area (Å²) in [6.07, 6.45) is 0.848. The fraction of sp³-hybridized carbons (Fsp3) is 0.500. The van der Waals surface area contributed by atoms with Gasteiger partial charge < -0.3 is 4.74 Å². The van der Waals surface area contributed by atoms with Gasteiger partial charge in [0.15, 0.2) is 0 Å². The topological polar surface area (TPSA) is 26.3 Å². The first-order valence-corrected chi connectivity index (χ1v) is 5.85. The Morgan fingerprint density at radius 3 is 2.50 bits per heavy atom. The van der Waals surface area contributed by atoms with E-state index in [-0.39, 0.29) is 23.4 Å². The van der Waals surface area contributed by atoms with Crippen molar-refractivity contribution in [3.63, 3.8) is 0 Å². The largest absolute Gasteiger partial charge is 0.457 e. The molecule has 1 aromatic carbocycles. The average Bonchev–Trinajstić information content (AvgIpc) is 2.56. The molecule has 0 spiro atoms. The van der Waals surface area contributed by atoms with E-state index in [1.165, 1.54) is 0 Å². The van der Waals surface area contributed by atoms with Crippen LogP contribution in [-0.2, 0) is 9.53 Å². The van der Waals surface area contributed by atoms with Gasteiger partial charge in [-0.1, -0.05) is 51.1 Å². The van der Waals surface area contributed by atoms with Crippen LogP contribution in [0.5, 0.6) is 0 Å². The maximum absolute atomic E-state index is 11.7. The maximum Gasteiger partial charge on any atom is 0.309 e. The number of esters is 1. The van der Waals surface area contributed by atoms with Gasteiger partial charge in [-0.25, -0.2) is 0 Å². The standard InChI is InChI=1S/C14H18O2/c1-4-14(3)10(2)13(15)16-12(14)11-8-6-5-7-9-11/h5-10,12H,4H2,1-3H3/t10-,12-,14+/m0/s1. The summed E-state index contributed by atoms with van der Waals surface area (Å²) < 4.78 is 5.53. The van der Waals surface area contributed by atoms with Crippen LogP contribution in [-0.4, -0.2) is 5.97 Å². The van der Waals surface area contributed by atoms with Gasteiger partial charge in [-0.05, 0) is 12.0 Å². The highest BCUT2D eigenvalue weighted by Crippen LogP contribution is 2.51. The van der Waals surface area contributed by atoms with Gasteiger partial charge in [-0.2, -0.15) is 0 Å². The number of hydrogen-bond acceptors (Lipinski definition) is 2. The van der Waals surface area contributed by atoms with Crippen LogP contribution in [0, 0.1) is 11.3 Å². The van der Waals surface area contributed by atoms with Crippen molar-refractivity contribution in [3.8, 4) is 0 Å². The van der Waals surface area contributed by atoms with Gasteiger partial charge >= 0.3 is 5.97 Å². The van der Waals surface area contributed by atoms with E-state index < -0.39 is 0 Å². The molecule has 1 aromatic rings. The monoisotopic (exact) mass is 218 g/mol. The van der Waals surface area contributed by atoms with Crippen molar-refractivity contribution in [1.82, 2.24) is 0 Å². The molecule has 0 bridgehead atoms. The first-order valence-electron chi connectivity index (χ1n) is 5.85. The summed E-state index contributed by atoms with van der Waals surface area (Å²) in [6.45, 7) is 6.23. The van der Waals surface area contributed by atoms with E-state index in [4.69, 9.17) is 4.74 Å². The summed E-state index contributed by atoms with van der Waals surface area (Å²) in [5, 5.41) is 0. The Labute approximate surface area is 96.6 Å². The zero-order chi connectivity index (χ0) is 11.8. The van der Waals surface area contributed by atoms with Gasteiger partial charge in [-0.15, -0.1) is 0 Å². The molecule has 86 valence electrons. The van der Waals surface area contributed by atoms with Crippen molar-refractivity contribution in [2.75, 3.05) is 0 Å². The summed E-state index contributed by atoms with van der Waals surface area (Å²) in [4.78, 5) is 11.7. The average molecular weight is 218 g/mol. The number of carbonyl (C=O) groups excluding carboxylic acids is 1. The normalized spacial score (nSPS) is 33.8. The van der Waals surface area contributed by atoms with Crippen LogP contribution in [0.1, 0.15) is 38.9 Å². The fourth-order valence-electron chi connectivity index (χ4n) is 2.42. The highest BCUT2D eigenvalue weighted by molar-refractivity contribution is 5.76. The van der Waals surface area contributed by atoms with Gasteiger partial charge in [0.25, 0.3) is 0 Å². The molecule has 1 fully saturated rings. The third-order valence-electron chi connectivity index (χ3n) is 4.04. The van der Waals surface area contributed by atoms with E-state index in [0.717, 1.165) is 12.0 Å². The molecule has 3 atom stereocenters. The predicted molar refractivity (Wildman–Crippen MR) is 62.8 cm³/mol. The van der Waals surface area contributed by atoms with Crippen LogP contribution in [0.15, 0.2) is 30.3 Å². The molecule has 0 amide bonds. The van der Waals surface area contributed by atoms with Gasteiger partial charge in [0.1, 0.15) is 6.10 Å². The minimum Gasteiger partial charge on any atom is -0.457 e. The Hall–Kier alpha value is -1.31. The summed E-state index contributed by atoms with van der Waals surface area (Å²) >= 11 is 0. The summed E-state index contributed by atoms with van der Waals surface area (Å²) in [7, 11) is 0. The SMILES string of the molecule is CC[C@]1(C)[C@@H](C)C(=O)O[C@H]1c1ccccc1. The van der Waals surface area contributed by atoms with E-state index in [1.54, 1.807) is 0 Å². The van der Waals surface area contributed by atoms with Gasteiger partial charge in [0, 0.05) is 5.41 Å². The first-order chi connectivity index (χ1) is 7.59. The molecule has 16 heavy (non-hydrogen) atoms. The molecule has 0 aliphatic carbocycles. The molecule has 1 aliphatic rings. The number of cyclic esters (lactones) is 1. The highest BCUT2D eigenvalue weighted by atomic mass is 16.6. The molecule has 1 aliphatic heterocycles. The lowest BCUT2D eigenvalue weighted by atomic mass is 9.72. The Kier molecular flexibility index (Phi) is 2.75. The van der Waals surface area contributed by atoms with Crippen molar-refractivity contribution in [3.05, 3.63) is 35.9 Å². The molecule has 0 N–H and O–H groups in total. The van der Waals surface area contributed by atoms with E-state index in [0.29, 0.717) is 0 Å². The third-order valence-corrected chi connectivity index (χ3v) is 4.04. The number of ether oxygens (including phenoxy) is 1. The second-order valence-electron chi connectivity index (χ2n) is 4.81. The number of hydrogen-bond donors (Lipinski definition) is 0. The molecule has 2 nitrogen and oxygen atoms in total. The smallest absolute Gasteiger partial charge is 0.309 e. The minimum absolute atomic E-state index is 0.0253. The van der Waals surface area contributed by atoms with Crippen molar-refractivity contribution >= 4 is 5.97 Å².